The molecule has 3 heteroatoms. The SMILES string of the molecule is CN(C)c1ccc2cc(/C=C/c3cc[n+]4c(c3)-c3c(ccc5c3-c3c6ccccc6cc[n+]3CC5)CC4)ccc2c1. The van der Waals surface area contributed by atoms with Crippen molar-refractivity contribution in [2.45, 2.75) is 25.9 Å². The van der Waals surface area contributed by atoms with E-state index in [4.69, 9.17) is 0 Å². The van der Waals surface area contributed by atoms with Crippen LogP contribution in [-0.2, 0) is 25.9 Å². The lowest BCUT2D eigenvalue weighted by atomic mass is 9.83. The quantitative estimate of drug-likeness (QED) is 0.219. The van der Waals surface area contributed by atoms with Crippen molar-refractivity contribution in [2.24, 2.45) is 0 Å². The highest BCUT2D eigenvalue weighted by atomic mass is 15.1. The topological polar surface area (TPSA) is 11.0 Å². The van der Waals surface area contributed by atoms with E-state index in [-0.39, 0.29) is 0 Å². The molecule has 0 saturated carbocycles. The molecule has 0 spiro atoms. The van der Waals surface area contributed by atoms with E-state index >= 15 is 0 Å². The summed E-state index contributed by atoms with van der Waals surface area (Å²) in [5.74, 6) is 0. The maximum atomic E-state index is 2.47. The van der Waals surface area contributed by atoms with Gasteiger partial charge in [-0.2, -0.15) is 9.13 Å². The van der Waals surface area contributed by atoms with E-state index in [2.05, 4.69) is 144 Å². The number of rotatable bonds is 3. The summed E-state index contributed by atoms with van der Waals surface area (Å²) in [7, 11) is 4.17. The minimum absolute atomic E-state index is 1.01. The van der Waals surface area contributed by atoms with Crippen molar-refractivity contribution in [1.82, 2.24) is 0 Å². The Balaban J connectivity index is 1.23. The van der Waals surface area contributed by atoms with Crippen LogP contribution in [0.25, 0.3) is 56.2 Å². The van der Waals surface area contributed by atoms with Crippen LogP contribution in [0.2, 0.25) is 0 Å². The Hall–Kier alpha value is -4.76. The molecule has 0 saturated heterocycles. The Bertz CT molecular complexity index is 2030. The zero-order valence-corrected chi connectivity index (χ0v) is 23.6. The number of fused-ring (bicyclic) bond motifs is 10. The van der Waals surface area contributed by atoms with Crippen LogP contribution in [-0.4, -0.2) is 14.1 Å². The van der Waals surface area contributed by atoms with Gasteiger partial charge in [0.1, 0.15) is 0 Å². The van der Waals surface area contributed by atoms with Crippen molar-refractivity contribution in [1.29, 1.82) is 0 Å². The molecule has 3 nitrogen and oxygen atoms in total. The third kappa shape index (κ3) is 4.03. The lowest BCUT2D eigenvalue weighted by molar-refractivity contribution is -0.689. The molecule has 41 heavy (non-hydrogen) atoms. The number of hydrogen-bond acceptors (Lipinski definition) is 1. The minimum atomic E-state index is 1.01. The highest BCUT2D eigenvalue weighted by molar-refractivity contribution is 5.98. The molecule has 0 bridgehead atoms. The average molecular weight is 532 g/mol. The molecule has 0 atom stereocenters. The molecule has 0 fully saturated rings. The van der Waals surface area contributed by atoms with E-state index in [0.29, 0.717) is 0 Å². The minimum Gasteiger partial charge on any atom is -0.378 e. The fraction of sp³-hybridized carbons (Fsp3) is 0.158. The summed E-state index contributed by atoms with van der Waals surface area (Å²) >= 11 is 0. The van der Waals surface area contributed by atoms with Gasteiger partial charge in [-0.3, -0.25) is 0 Å². The van der Waals surface area contributed by atoms with Crippen LogP contribution in [0.5, 0.6) is 0 Å². The van der Waals surface area contributed by atoms with E-state index < -0.39 is 0 Å². The first-order valence-corrected chi connectivity index (χ1v) is 14.6. The fourth-order valence-electron chi connectivity index (χ4n) is 6.76. The van der Waals surface area contributed by atoms with Gasteiger partial charge in [0.15, 0.2) is 25.5 Å². The van der Waals surface area contributed by atoms with Crippen molar-refractivity contribution in [3.8, 4) is 22.5 Å². The molecule has 0 amide bonds. The summed E-state index contributed by atoms with van der Waals surface area (Å²) in [6.07, 6.45) is 11.2. The molecule has 8 rings (SSSR count). The second-order valence-corrected chi connectivity index (χ2v) is 11.6. The monoisotopic (exact) mass is 531 g/mol. The normalized spacial score (nSPS) is 13.6. The number of aromatic nitrogens is 2. The van der Waals surface area contributed by atoms with Crippen LogP contribution in [0.4, 0.5) is 5.69 Å². The number of nitrogens with zero attached hydrogens (tertiary/aromatic N) is 3. The first-order valence-electron chi connectivity index (χ1n) is 14.6. The lowest BCUT2D eigenvalue weighted by Gasteiger charge is -2.23. The van der Waals surface area contributed by atoms with Gasteiger partial charge < -0.3 is 4.90 Å². The fourth-order valence-corrected chi connectivity index (χ4v) is 6.76. The Morgan fingerprint density at radius 3 is 2.17 bits per heavy atom. The molecule has 2 aliphatic heterocycles. The smallest absolute Gasteiger partial charge is 0.221 e. The third-order valence-corrected chi connectivity index (χ3v) is 8.94. The second-order valence-electron chi connectivity index (χ2n) is 11.6. The third-order valence-electron chi connectivity index (χ3n) is 8.94. The van der Waals surface area contributed by atoms with Gasteiger partial charge in [0, 0.05) is 50.8 Å². The Morgan fingerprint density at radius 1 is 0.610 bits per heavy atom. The van der Waals surface area contributed by atoms with Crippen molar-refractivity contribution in [3.05, 3.63) is 126 Å². The van der Waals surface area contributed by atoms with Gasteiger partial charge in [-0.1, -0.05) is 60.7 Å². The highest BCUT2D eigenvalue weighted by Gasteiger charge is 2.34. The van der Waals surface area contributed by atoms with Gasteiger partial charge in [-0.15, -0.1) is 0 Å². The highest BCUT2D eigenvalue weighted by Crippen LogP contribution is 2.41. The average Bonchev–Trinajstić information content (AvgIpc) is 3.02. The summed E-state index contributed by atoms with van der Waals surface area (Å²) in [5.41, 5.74) is 12.1. The van der Waals surface area contributed by atoms with Gasteiger partial charge in [0.2, 0.25) is 11.4 Å². The Morgan fingerprint density at radius 2 is 1.32 bits per heavy atom. The van der Waals surface area contributed by atoms with Crippen LogP contribution in [0.1, 0.15) is 22.3 Å². The molecular formula is C38H33N3+2. The molecule has 198 valence electrons. The predicted molar refractivity (Wildman–Crippen MR) is 170 cm³/mol. The van der Waals surface area contributed by atoms with E-state index in [1.807, 2.05) is 0 Å². The summed E-state index contributed by atoms with van der Waals surface area (Å²) in [6.45, 7) is 2.04. The molecule has 0 aliphatic carbocycles. The largest absolute Gasteiger partial charge is 0.378 e. The number of pyridine rings is 2. The molecule has 4 aromatic carbocycles. The molecule has 2 aliphatic rings. The summed E-state index contributed by atoms with van der Waals surface area (Å²) in [5, 5.41) is 5.18. The first kappa shape index (κ1) is 24.1. The maximum absolute atomic E-state index is 2.47. The van der Waals surface area contributed by atoms with E-state index in [1.165, 1.54) is 72.0 Å². The first-order chi connectivity index (χ1) is 20.1. The zero-order valence-electron chi connectivity index (χ0n) is 23.6. The van der Waals surface area contributed by atoms with E-state index in [1.54, 1.807) is 0 Å². The molecule has 4 heterocycles. The number of benzene rings is 4. The molecule has 2 aromatic heterocycles. The van der Waals surface area contributed by atoms with Crippen LogP contribution < -0.4 is 14.0 Å². The van der Waals surface area contributed by atoms with Gasteiger partial charge in [-0.05, 0) is 62.7 Å². The second kappa shape index (κ2) is 9.42. The summed E-state index contributed by atoms with van der Waals surface area (Å²) < 4.78 is 4.91. The number of aryl methyl sites for hydroxylation is 4. The van der Waals surface area contributed by atoms with Gasteiger partial charge in [0.05, 0.1) is 16.5 Å². The van der Waals surface area contributed by atoms with Crippen LogP contribution in [0.3, 0.4) is 0 Å². The van der Waals surface area contributed by atoms with E-state index in [9.17, 15) is 0 Å². The van der Waals surface area contributed by atoms with Crippen molar-refractivity contribution in [2.75, 3.05) is 19.0 Å². The van der Waals surface area contributed by atoms with Crippen molar-refractivity contribution in [3.63, 3.8) is 0 Å². The van der Waals surface area contributed by atoms with Gasteiger partial charge in [0.25, 0.3) is 0 Å². The zero-order chi connectivity index (χ0) is 27.5. The molecule has 0 N–H and O–H groups in total. The van der Waals surface area contributed by atoms with Crippen LogP contribution >= 0.6 is 0 Å². The van der Waals surface area contributed by atoms with Gasteiger partial charge >= 0.3 is 0 Å². The molecule has 0 radical (unpaired) electrons. The molecule has 6 aromatic rings. The maximum Gasteiger partial charge on any atom is 0.221 e. The van der Waals surface area contributed by atoms with Crippen LogP contribution in [0, 0.1) is 0 Å². The van der Waals surface area contributed by atoms with Crippen molar-refractivity contribution >= 4 is 39.4 Å². The molecular weight excluding hydrogens is 498 g/mol. The van der Waals surface area contributed by atoms with Gasteiger partial charge in [-0.25, -0.2) is 0 Å². The lowest BCUT2D eigenvalue weighted by Crippen LogP contribution is -2.43. The summed E-state index contributed by atoms with van der Waals surface area (Å²) in [6, 6.07) is 33.9. The summed E-state index contributed by atoms with van der Waals surface area (Å²) in [4.78, 5) is 2.15. The Kier molecular flexibility index (Phi) is 5.53. The predicted octanol–water partition coefficient (Wildman–Crippen LogP) is 7.25. The molecule has 0 unspecified atom stereocenters. The Labute approximate surface area is 241 Å². The number of hydrogen-bond donors (Lipinski definition) is 0. The standard InChI is InChI=1S/C38H33N3/c1-39(2)33-14-13-31-23-26(9-10-32(31)25-33)7-8-27-15-19-40-20-17-29-11-12-30-18-22-41-21-16-28-5-3-4-6-34(28)38(41)37(30)36(29)35(40)24-27/h3-16,19,21,23-25H,17-18,20,22H2,1-2H3/q+2. The van der Waals surface area contributed by atoms with Crippen molar-refractivity contribution < 1.29 is 9.13 Å². The van der Waals surface area contributed by atoms with E-state index in [0.717, 1.165) is 25.9 Å². The number of anilines is 1. The van der Waals surface area contributed by atoms with Crippen LogP contribution in [0.15, 0.2) is 103 Å².